The van der Waals surface area contributed by atoms with E-state index >= 15 is 0 Å². The molecule has 1 aromatic carbocycles. The fraction of sp³-hybridized carbons (Fsp3) is 0.467. The lowest BCUT2D eigenvalue weighted by Gasteiger charge is -2.32. The quantitative estimate of drug-likeness (QED) is 0.837. The first-order valence-corrected chi connectivity index (χ1v) is 6.81. The van der Waals surface area contributed by atoms with Crippen molar-refractivity contribution < 1.29 is 27.5 Å². The second kappa shape index (κ2) is 5.98. The zero-order valence-electron chi connectivity index (χ0n) is 12.0. The molecule has 0 spiro atoms. The Kier molecular flexibility index (Phi) is 4.44. The molecule has 7 heteroatoms. The summed E-state index contributed by atoms with van der Waals surface area (Å²) in [5.74, 6) is -0.521. The monoisotopic (exact) mass is 315 g/mol. The molecule has 0 atom stereocenters. The molecular formula is C15H16F3NO3. The Balaban J connectivity index is 2.09. The summed E-state index contributed by atoms with van der Waals surface area (Å²) in [4.78, 5) is 23.8. The number of carbonyl (C=O) groups is 2. The molecule has 0 aliphatic heterocycles. The smallest absolute Gasteiger partial charge is 0.411 e. The minimum atomic E-state index is -4.58. The number of hydrogen-bond donors (Lipinski definition) is 0. The molecule has 4 nitrogen and oxygen atoms in total. The minimum absolute atomic E-state index is 0.137. The molecule has 1 aliphatic carbocycles. The zero-order valence-corrected chi connectivity index (χ0v) is 12.0. The molecule has 0 aromatic heterocycles. The molecule has 2 rings (SSSR count). The third-order valence-corrected chi connectivity index (χ3v) is 3.57. The van der Waals surface area contributed by atoms with E-state index in [0.717, 1.165) is 6.92 Å². The van der Waals surface area contributed by atoms with Crippen LogP contribution >= 0.6 is 0 Å². The van der Waals surface area contributed by atoms with Crippen molar-refractivity contribution >= 4 is 11.9 Å². The van der Waals surface area contributed by atoms with Gasteiger partial charge in [0.05, 0.1) is 6.54 Å². The second-order valence-electron chi connectivity index (χ2n) is 5.36. The minimum Gasteiger partial charge on any atom is -0.445 e. The van der Waals surface area contributed by atoms with Crippen LogP contribution in [0.25, 0.3) is 0 Å². The fourth-order valence-corrected chi connectivity index (χ4v) is 2.24. The van der Waals surface area contributed by atoms with Gasteiger partial charge in [0.2, 0.25) is 0 Å². The Morgan fingerprint density at radius 2 is 1.82 bits per heavy atom. The second-order valence-corrected chi connectivity index (χ2v) is 5.36. The Labute approximate surface area is 125 Å². The highest BCUT2D eigenvalue weighted by atomic mass is 19.4. The van der Waals surface area contributed by atoms with E-state index in [0.29, 0.717) is 10.5 Å². The van der Waals surface area contributed by atoms with E-state index in [9.17, 15) is 22.8 Å². The molecule has 0 radical (unpaired) electrons. The number of ether oxygens (including phenoxy) is 1. The summed E-state index contributed by atoms with van der Waals surface area (Å²) < 4.78 is 44.4. The summed E-state index contributed by atoms with van der Waals surface area (Å²) >= 11 is 0. The van der Waals surface area contributed by atoms with Gasteiger partial charge in [0.15, 0.2) is 0 Å². The van der Waals surface area contributed by atoms with Crippen molar-refractivity contribution in [3.8, 4) is 0 Å². The van der Waals surface area contributed by atoms with Crippen molar-refractivity contribution in [2.24, 2.45) is 0 Å². The SMILES string of the molecule is CC(=O)CN(C(=O)OCc1ccccc1)C1(C(F)(F)F)CC1. The Hall–Kier alpha value is -2.05. The maximum atomic E-state index is 13.2. The van der Waals surface area contributed by atoms with E-state index in [4.69, 9.17) is 4.74 Å². The molecule has 1 amide bonds. The van der Waals surface area contributed by atoms with Gasteiger partial charge in [-0.05, 0) is 25.3 Å². The van der Waals surface area contributed by atoms with Crippen molar-refractivity contribution in [1.29, 1.82) is 0 Å². The van der Waals surface area contributed by atoms with Gasteiger partial charge in [-0.2, -0.15) is 13.2 Å². The lowest BCUT2D eigenvalue weighted by atomic mass is 10.2. The molecule has 22 heavy (non-hydrogen) atoms. The molecular weight excluding hydrogens is 299 g/mol. The maximum Gasteiger partial charge on any atom is 0.411 e. The average Bonchev–Trinajstić information content (AvgIpc) is 3.24. The number of rotatable bonds is 5. The topological polar surface area (TPSA) is 46.6 Å². The van der Waals surface area contributed by atoms with E-state index in [1.807, 2.05) is 0 Å². The summed E-state index contributed by atoms with van der Waals surface area (Å²) in [5, 5.41) is 0. The zero-order chi connectivity index (χ0) is 16.4. The number of nitrogens with zero attached hydrogens (tertiary/aromatic N) is 1. The third kappa shape index (κ3) is 3.40. The van der Waals surface area contributed by atoms with Crippen LogP contribution < -0.4 is 0 Å². The van der Waals surface area contributed by atoms with Gasteiger partial charge in [-0.15, -0.1) is 0 Å². The van der Waals surface area contributed by atoms with Gasteiger partial charge >= 0.3 is 12.3 Å². The fourth-order valence-electron chi connectivity index (χ4n) is 2.24. The molecule has 0 bridgehead atoms. The van der Waals surface area contributed by atoms with Gasteiger partial charge in [-0.1, -0.05) is 30.3 Å². The Morgan fingerprint density at radius 3 is 2.27 bits per heavy atom. The number of benzene rings is 1. The highest BCUT2D eigenvalue weighted by Gasteiger charge is 2.68. The lowest BCUT2D eigenvalue weighted by Crippen LogP contribution is -2.53. The summed E-state index contributed by atoms with van der Waals surface area (Å²) in [5.41, 5.74) is -1.60. The molecule has 0 unspecified atom stereocenters. The van der Waals surface area contributed by atoms with Crippen LogP contribution in [0, 0.1) is 0 Å². The summed E-state index contributed by atoms with van der Waals surface area (Å²) in [6.45, 7) is 0.402. The maximum absolute atomic E-state index is 13.2. The number of amides is 1. The first kappa shape index (κ1) is 16.3. The van der Waals surface area contributed by atoms with E-state index in [2.05, 4.69) is 0 Å². The molecule has 1 fully saturated rings. The number of halogens is 3. The lowest BCUT2D eigenvalue weighted by molar-refractivity contribution is -0.191. The van der Waals surface area contributed by atoms with Crippen LogP contribution in [0.4, 0.5) is 18.0 Å². The first-order valence-electron chi connectivity index (χ1n) is 6.81. The van der Waals surface area contributed by atoms with Crippen molar-refractivity contribution in [2.45, 2.75) is 38.1 Å². The highest BCUT2D eigenvalue weighted by molar-refractivity contribution is 5.82. The number of ketones is 1. The van der Waals surface area contributed by atoms with Crippen molar-refractivity contribution in [3.05, 3.63) is 35.9 Å². The molecule has 0 N–H and O–H groups in total. The predicted octanol–water partition coefficient (Wildman–Crippen LogP) is 3.31. The molecule has 0 heterocycles. The van der Waals surface area contributed by atoms with Gasteiger partial charge in [0.25, 0.3) is 0 Å². The number of Topliss-reactive ketones (excluding diaryl/α,β-unsaturated/α-hetero) is 1. The molecule has 1 saturated carbocycles. The van der Waals surface area contributed by atoms with E-state index in [1.54, 1.807) is 30.3 Å². The van der Waals surface area contributed by atoms with E-state index in [1.165, 1.54) is 0 Å². The summed E-state index contributed by atoms with van der Waals surface area (Å²) in [7, 11) is 0. The molecule has 1 aliphatic rings. The van der Waals surface area contributed by atoms with Gasteiger partial charge < -0.3 is 4.74 Å². The van der Waals surface area contributed by atoms with Gasteiger partial charge in [-0.3, -0.25) is 9.69 Å². The largest absolute Gasteiger partial charge is 0.445 e. The normalized spacial score (nSPS) is 16.0. The summed E-state index contributed by atoms with van der Waals surface area (Å²) in [6.07, 6.45) is -6.10. The van der Waals surface area contributed by atoms with Crippen LogP contribution in [-0.2, 0) is 16.1 Å². The standard InChI is InChI=1S/C15H16F3NO3/c1-11(20)9-19(14(7-8-14)15(16,17)18)13(21)22-10-12-5-3-2-4-6-12/h2-6H,7-10H2,1H3. The first-order chi connectivity index (χ1) is 10.3. The Bertz CT molecular complexity index is 553. The predicted molar refractivity (Wildman–Crippen MR) is 72.0 cm³/mol. The number of alkyl halides is 3. The number of hydrogen-bond acceptors (Lipinski definition) is 3. The van der Waals surface area contributed by atoms with Crippen molar-refractivity contribution in [2.75, 3.05) is 6.54 Å². The van der Waals surface area contributed by atoms with Gasteiger partial charge in [-0.25, -0.2) is 4.79 Å². The van der Waals surface area contributed by atoms with Crippen molar-refractivity contribution in [1.82, 2.24) is 4.90 Å². The van der Waals surface area contributed by atoms with E-state index < -0.39 is 30.1 Å². The van der Waals surface area contributed by atoms with Crippen LogP contribution in [0.3, 0.4) is 0 Å². The summed E-state index contributed by atoms with van der Waals surface area (Å²) in [6, 6.07) is 8.62. The van der Waals surface area contributed by atoms with Gasteiger partial charge in [0.1, 0.15) is 17.9 Å². The van der Waals surface area contributed by atoms with Crippen LogP contribution in [0.2, 0.25) is 0 Å². The van der Waals surface area contributed by atoms with Crippen LogP contribution in [0.1, 0.15) is 25.3 Å². The van der Waals surface area contributed by atoms with Crippen LogP contribution in [-0.4, -0.2) is 35.0 Å². The third-order valence-electron chi connectivity index (χ3n) is 3.57. The molecule has 120 valence electrons. The highest BCUT2D eigenvalue weighted by Crippen LogP contribution is 2.53. The molecule has 0 saturated heterocycles. The van der Waals surface area contributed by atoms with Gasteiger partial charge in [0, 0.05) is 0 Å². The van der Waals surface area contributed by atoms with Crippen molar-refractivity contribution in [3.63, 3.8) is 0 Å². The van der Waals surface area contributed by atoms with E-state index in [-0.39, 0.29) is 19.4 Å². The Morgan fingerprint density at radius 1 is 1.23 bits per heavy atom. The number of carbonyl (C=O) groups excluding carboxylic acids is 2. The van der Waals surface area contributed by atoms with Crippen LogP contribution in [0.5, 0.6) is 0 Å². The molecule has 1 aromatic rings. The van der Waals surface area contributed by atoms with Crippen LogP contribution in [0.15, 0.2) is 30.3 Å². The average molecular weight is 315 g/mol.